The highest BCUT2D eigenvalue weighted by molar-refractivity contribution is 5.89. The Hall–Kier alpha value is -1.84. The molecule has 1 saturated heterocycles. The first kappa shape index (κ1) is 16.5. The van der Waals surface area contributed by atoms with Crippen molar-refractivity contribution in [2.45, 2.75) is 45.4 Å². The smallest absolute Gasteiger partial charge is 0.335 e. The molecule has 1 aromatic rings. The molecular weight excluding hydrogens is 278 g/mol. The van der Waals surface area contributed by atoms with Crippen molar-refractivity contribution in [3.8, 4) is 0 Å². The summed E-state index contributed by atoms with van der Waals surface area (Å²) in [6.07, 6.45) is 5.39. The molecule has 0 aliphatic carbocycles. The van der Waals surface area contributed by atoms with Crippen molar-refractivity contribution in [1.29, 1.82) is 0 Å². The Kier molecular flexibility index (Phi) is 5.99. The van der Waals surface area contributed by atoms with Crippen molar-refractivity contribution in [3.05, 3.63) is 35.4 Å². The van der Waals surface area contributed by atoms with E-state index in [0.29, 0.717) is 17.9 Å². The minimum Gasteiger partial charge on any atom is -0.478 e. The van der Waals surface area contributed by atoms with Gasteiger partial charge in [-0.05, 0) is 43.2 Å². The monoisotopic (exact) mass is 303 g/mol. The number of rotatable bonds is 6. The average Bonchev–Trinajstić information content (AvgIpc) is 2.53. The van der Waals surface area contributed by atoms with Crippen molar-refractivity contribution in [3.63, 3.8) is 0 Å². The normalized spacial score (nSPS) is 15.8. The van der Waals surface area contributed by atoms with Crippen LogP contribution in [0, 0.1) is 5.92 Å². The second kappa shape index (κ2) is 7.97. The maximum Gasteiger partial charge on any atom is 0.335 e. The SMILES string of the molecule is CCCCC(=O)N1CCC(Cc2ccccc2C(=O)O)CC1. The fourth-order valence-corrected chi connectivity index (χ4v) is 3.09. The molecule has 1 aliphatic heterocycles. The van der Waals surface area contributed by atoms with Crippen LogP contribution < -0.4 is 0 Å². The lowest BCUT2D eigenvalue weighted by atomic mass is 9.88. The second-order valence-corrected chi connectivity index (χ2v) is 6.09. The van der Waals surface area contributed by atoms with Gasteiger partial charge in [0.15, 0.2) is 0 Å². The van der Waals surface area contributed by atoms with Crippen LogP contribution in [0.5, 0.6) is 0 Å². The molecule has 0 spiro atoms. The summed E-state index contributed by atoms with van der Waals surface area (Å²) in [7, 11) is 0. The van der Waals surface area contributed by atoms with Gasteiger partial charge in [-0.3, -0.25) is 4.79 Å². The topological polar surface area (TPSA) is 57.6 Å². The Morgan fingerprint density at radius 1 is 1.23 bits per heavy atom. The quantitative estimate of drug-likeness (QED) is 0.876. The number of hydrogen-bond acceptors (Lipinski definition) is 2. The van der Waals surface area contributed by atoms with E-state index in [1.807, 2.05) is 17.0 Å². The number of carboxylic acid groups (broad SMARTS) is 1. The van der Waals surface area contributed by atoms with Gasteiger partial charge in [0.05, 0.1) is 5.56 Å². The summed E-state index contributed by atoms with van der Waals surface area (Å²) in [4.78, 5) is 25.2. The lowest BCUT2D eigenvalue weighted by Gasteiger charge is -2.32. The van der Waals surface area contributed by atoms with Gasteiger partial charge in [0.1, 0.15) is 0 Å². The van der Waals surface area contributed by atoms with E-state index in [-0.39, 0.29) is 5.91 Å². The third kappa shape index (κ3) is 4.33. The third-order valence-electron chi connectivity index (χ3n) is 4.47. The third-order valence-corrected chi connectivity index (χ3v) is 4.47. The highest BCUT2D eigenvalue weighted by atomic mass is 16.4. The minimum atomic E-state index is -0.859. The van der Waals surface area contributed by atoms with Crippen LogP contribution in [0.4, 0.5) is 0 Å². The molecule has 22 heavy (non-hydrogen) atoms. The van der Waals surface area contributed by atoms with Gasteiger partial charge in [0, 0.05) is 19.5 Å². The molecule has 1 N–H and O–H groups in total. The number of piperidine rings is 1. The van der Waals surface area contributed by atoms with Crippen LogP contribution in [0.25, 0.3) is 0 Å². The number of nitrogens with zero attached hydrogens (tertiary/aromatic N) is 1. The number of likely N-dealkylation sites (tertiary alicyclic amines) is 1. The zero-order chi connectivity index (χ0) is 15.9. The van der Waals surface area contributed by atoms with Gasteiger partial charge in [-0.1, -0.05) is 31.5 Å². The Morgan fingerprint density at radius 3 is 2.55 bits per heavy atom. The predicted molar refractivity (Wildman–Crippen MR) is 85.9 cm³/mol. The van der Waals surface area contributed by atoms with Crippen LogP contribution in [-0.2, 0) is 11.2 Å². The fourth-order valence-electron chi connectivity index (χ4n) is 3.09. The van der Waals surface area contributed by atoms with Gasteiger partial charge >= 0.3 is 5.97 Å². The number of carbonyl (C=O) groups is 2. The van der Waals surface area contributed by atoms with Gasteiger partial charge in [-0.2, -0.15) is 0 Å². The largest absolute Gasteiger partial charge is 0.478 e. The molecule has 0 radical (unpaired) electrons. The van der Waals surface area contributed by atoms with Gasteiger partial charge in [0.25, 0.3) is 0 Å². The summed E-state index contributed by atoms with van der Waals surface area (Å²) in [5.74, 6) is -0.121. The first-order valence-electron chi connectivity index (χ1n) is 8.20. The molecule has 1 aliphatic rings. The van der Waals surface area contributed by atoms with Crippen molar-refractivity contribution >= 4 is 11.9 Å². The number of carbonyl (C=O) groups excluding carboxylic acids is 1. The van der Waals surface area contributed by atoms with Crippen LogP contribution >= 0.6 is 0 Å². The maximum atomic E-state index is 12.0. The van der Waals surface area contributed by atoms with Gasteiger partial charge in [-0.15, -0.1) is 0 Å². The van der Waals surface area contributed by atoms with Crippen LogP contribution in [0.2, 0.25) is 0 Å². The minimum absolute atomic E-state index is 0.270. The Balaban J connectivity index is 1.88. The summed E-state index contributed by atoms with van der Waals surface area (Å²) in [5.41, 5.74) is 1.31. The summed E-state index contributed by atoms with van der Waals surface area (Å²) in [6, 6.07) is 7.23. The van der Waals surface area contributed by atoms with E-state index in [1.165, 1.54) is 0 Å². The van der Waals surface area contributed by atoms with Crippen LogP contribution in [0.15, 0.2) is 24.3 Å². The standard InChI is InChI=1S/C18H25NO3/c1-2-3-8-17(20)19-11-9-14(10-12-19)13-15-6-4-5-7-16(15)18(21)22/h4-7,14H,2-3,8-13H2,1H3,(H,21,22). The molecule has 0 aromatic heterocycles. The number of unbranched alkanes of at least 4 members (excludes halogenated alkanes) is 1. The average molecular weight is 303 g/mol. The van der Waals surface area contributed by atoms with Crippen molar-refractivity contribution in [1.82, 2.24) is 4.90 Å². The van der Waals surface area contributed by atoms with E-state index < -0.39 is 5.97 Å². The maximum absolute atomic E-state index is 12.0. The zero-order valence-corrected chi connectivity index (χ0v) is 13.3. The molecule has 0 unspecified atom stereocenters. The van der Waals surface area contributed by atoms with E-state index in [0.717, 1.165) is 50.8 Å². The molecule has 120 valence electrons. The van der Waals surface area contributed by atoms with Crippen molar-refractivity contribution in [2.24, 2.45) is 5.92 Å². The van der Waals surface area contributed by atoms with E-state index in [9.17, 15) is 14.7 Å². The molecule has 1 aromatic carbocycles. The Bertz CT molecular complexity index is 519. The zero-order valence-electron chi connectivity index (χ0n) is 13.3. The summed E-state index contributed by atoms with van der Waals surface area (Å²) in [5, 5.41) is 9.24. The van der Waals surface area contributed by atoms with Gasteiger partial charge in [0.2, 0.25) is 5.91 Å². The second-order valence-electron chi connectivity index (χ2n) is 6.09. The van der Waals surface area contributed by atoms with Gasteiger partial charge < -0.3 is 10.0 Å². The molecule has 1 amide bonds. The highest BCUT2D eigenvalue weighted by Crippen LogP contribution is 2.24. The summed E-state index contributed by atoms with van der Waals surface area (Å²) < 4.78 is 0. The first-order chi connectivity index (χ1) is 10.6. The molecule has 0 bridgehead atoms. The van der Waals surface area contributed by atoms with E-state index in [2.05, 4.69) is 6.92 Å². The highest BCUT2D eigenvalue weighted by Gasteiger charge is 2.23. The predicted octanol–water partition coefficient (Wildman–Crippen LogP) is 3.36. The number of benzene rings is 1. The number of carboxylic acids is 1. The lowest BCUT2D eigenvalue weighted by Crippen LogP contribution is -2.38. The van der Waals surface area contributed by atoms with Crippen molar-refractivity contribution < 1.29 is 14.7 Å². The molecule has 4 heteroatoms. The Labute approximate surface area is 132 Å². The number of amides is 1. The summed E-state index contributed by atoms with van der Waals surface area (Å²) in [6.45, 7) is 3.71. The van der Waals surface area contributed by atoms with Gasteiger partial charge in [-0.25, -0.2) is 4.79 Å². The summed E-state index contributed by atoms with van der Waals surface area (Å²) >= 11 is 0. The molecular formula is C18H25NO3. The number of hydrogen-bond donors (Lipinski definition) is 1. The van der Waals surface area contributed by atoms with Crippen LogP contribution in [0.1, 0.15) is 54.9 Å². The van der Waals surface area contributed by atoms with Crippen LogP contribution in [-0.4, -0.2) is 35.0 Å². The van der Waals surface area contributed by atoms with E-state index in [1.54, 1.807) is 12.1 Å². The molecule has 0 saturated carbocycles. The van der Waals surface area contributed by atoms with Crippen molar-refractivity contribution in [2.75, 3.05) is 13.1 Å². The fraction of sp³-hybridized carbons (Fsp3) is 0.556. The molecule has 4 nitrogen and oxygen atoms in total. The molecule has 1 fully saturated rings. The lowest BCUT2D eigenvalue weighted by molar-refractivity contribution is -0.132. The van der Waals surface area contributed by atoms with E-state index >= 15 is 0 Å². The van der Waals surface area contributed by atoms with Crippen LogP contribution in [0.3, 0.4) is 0 Å². The number of aromatic carboxylic acids is 1. The van der Waals surface area contributed by atoms with E-state index in [4.69, 9.17) is 0 Å². The first-order valence-corrected chi connectivity index (χ1v) is 8.20. The molecule has 1 heterocycles. The molecule has 2 rings (SSSR count). The Morgan fingerprint density at radius 2 is 1.91 bits per heavy atom. The molecule has 0 atom stereocenters.